The molecule has 0 bridgehead atoms. The molecule has 1 amide bonds. The van der Waals surface area contributed by atoms with Crippen molar-refractivity contribution >= 4 is 34.3 Å². The number of nitrogens with one attached hydrogen (secondary N) is 1. The molecular formula is C20H20N2OS. The number of pyridine rings is 1. The van der Waals surface area contributed by atoms with Gasteiger partial charge in [-0.3, -0.25) is 4.79 Å². The summed E-state index contributed by atoms with van der Waals surface area (Å²) in [7, 11) is 0. The number of aryl methyl sites for hydroxylation is 3. The zero-order valence-electron chi connectivity index (χ0n) is 14.1. The number of nitrogens with zero attached hydrogens (tertiary/aromatic N) is 1. The summed E-state index contributed by atoms with van der Waals surface area (Å²) < 4.78 is 0. The van der Waals surface area contributed by atoms with Crippen molar-refractivity contribution in [1.82, 2.24) is 4.98 Å². The molecule has 0 atom stereocenters. The number of anilines is 1. The molecule has 1 aromatic heterocycles. The summed E-state index contributed by atoms with van der Waals surface area (Å²) in [6.45, 7) is 6.28. The highest BCUT2D eigenvalue weighted by Crippen LogP contribution is 2.27. The molecule has 0 fully saturated rings. The van der Waals surface area contributed by atoms with Crippen LogP contribution in [0.15, 0.2) is 53.6 Å². The highest BCUT2D eigenvalue weighted by Gasteiger charge is 2.09. The van der Waals surface area contributed by atoms with Gasteiger partial charge in [0.05, 0.1) is 16.3 Å². The summed E-state index contributed by atoms with van der Waals surface area (Å²) in [5.41, 5.74) is 5.44. The Morgan fingerprint density at radius 1 is 1.04 bits per heavy atom. The molecule has 0 aliphatic heterocycles. The van der Waals surface area contributed by atoms with Crippen molar-refractivity contribution in [3.05, 3.63) is 65.2 Å². The number of benzene rings is 2. The second-order valence-electron chi connectivity index (χ2n) is 5.96. The van der Waals surface area contributed by atoms with E-state index < -0.39 is 0 Å². The molecule has 1 N–H and O–H groups in total. The Hall–Kier alpha value is -2.33. The first-order valence-corrected chi connectivity index (χ1v) is 8.88. The van der Waals surface area contributed by atoms with Gasteiger partial charge in [-0.05, 0) is 56.2 Å². The third kappa shape index (κ3) is 3.77. The largest absolute Gasteiger partial charge is 0.325 e. The molecule has 122 valence electrons. The molecule has 3 nitrogen and oxygen atoms in total. The molecule has 0 aliphatic carbocycles. The number of fused-ring (bicyclic) bond motifs is 1. The lowest BCUT2D eigenvalue weighted by Gasteiger charge is -2.10. The molecule has 3 rings (SSSR count). The molecule has 0 saturated carbocycles. The van der Waals surface area contributed by atoms with Gasteiger partial charge in [-0.2, -0.15) is 0 Å². The molecule has 3 aromatic rings. The number of hydrogen-bond acceptors (Lipinski definition) is 3. The van der Waals surface area contributed by atoms with Crippen LogP contribution < -0.4 is 5.32 Å². The van der Waals surface area contributed by atoms with Crippen molar-refractivity contribution in [2.75, 3.05) is 11.1 Å². The molecule has 0 unspecified atom stereocenters. The van der Waals surface area contributed by atoms with Gasteiger partial charge < -0.3 is 5.32 Å². The molecule has 2 aromatic carbocycles. The Bertz CT molecular complexity index is 891. The van der Waals surface area contributed by atoms with E-state index in [1.54, 1.807) is 0 Å². The van der Waals surface area contributed by atoms with Gasteiger partial charge >= 0.3 is 0 Å². The Labute approximate surface area is 146 Å². The predicted molar refractivity (Wildman–Crippen MR) is 102 cm³/mol. The average Bonchev–Trinajstić information content (AvgIpc) is 2.55. The maximum absolute atomic E-state index is 12.1. The first-order chi connectivity index (χ1) is 11.5. The van der Waals surface area contributed by atoms with Crippen LogP contribution in [0.5, 0.6) is 0 Å². The lowest BCUT2D eigenvalue weighted by Crippen LogP contribution is -2.13. The number of rotatable bonds is 4. The second kappa shape index (κ2) is 7.05. The average molecular weight is 336 g/mol. The lowest BCUT2D eigenvalue weighted by atomic mass is 10.0. The molecule has 0 saturated heterocycles. The summed E-state index contributed by atoms with van der Waals surface area (Å²) in [6, 6.07) is 15.9. The van der Waals surface area contributed by atoms with Crippen molar-refractivity contribution in [3.8, 4) is 0 Å². The van der Waals surface area contributed by atoms with Gasteiger partial charge in [-0.15, -0.1) is 0 Å². The highest BCUT2D eigenvalue weighted by molar-refractivity contribution is 7.99. The number of amides is 1. The van der Waals surface area contributed by atoms with Crippen LogP contribution in [0.3, 0.4) is 0 Å². The maximum atomic E-state index is 12.1. The normalized spacial score (nSPS) is 10.8. The van der Waals surface area contributed by atoms with E-state index in [1.807, 2.05) is 30.3 Å². The standard InChI is InChI=1S/C20H20N2OS/c1-13-9-15(3)20-17(10-13)14(2)11-19(22-20)24-12-18(23)21-16-7-5-4-6-8-16/h4-11H,12H2,1-3H3,(H,21,23). The Kier molecular flexibility index (Phi) is 4.86. The van der Waals surface area contributed by atoms with Gasteiger partial charge in [0.1, 0.15) is 0 Å². The van der Waals surface area contributed by atoms with Crippen molar-refractivity contribution in [3.63, 3.8) is 0 Å². The van der Waals surface area contributed by atoms with E-state index in [0.717, 1.165) is 16.2 Å². The Morgan fingerprint density at radius 3 is 2.54 bits per heavy atom. The smallest absolute Gasteiger partial charge is 0.234 e. The van der Waals surface area contributed by atoms with E-state index in [4.69, 9.17) is 4.98 Å². The number of para-hydroxylation sites is 1. The molecule has 4 heteroatoms. The summed E-state index contributed by atoms with van der Waals surface area (Å²) >= 11 is 1.47. The van der Waals surface area contributed by atoms with Crippen LogP contribution in [0, 0.1) is 20.8 Å². The van der Waals surface area contributed by atoms with Crippen molar-refractivity contribution in [2.45, 2.75) is 25.8 Å². The number of thioether (sulfide) groups is 1. The minimum Gasteiger partial charge on any atom is -0.325 e. The van der Waals surface area contributed by atoms with Crippen molar-refractivity contribution in [1.29, 1.82) is 0 Å². The monoisotopic (exact) mass is 336 g/mol. The molecule has 0 aliphatic rings. The first-order valence-electron chi connectivity index (χ1n) is 7.89. The molecular weight excluding hydrogens is 316 g/mol. The van der Waals surface area contributed by atoms with Crippen LogP contribution >= 0.6 is 11.8 Å². The van der Waals surface area contributed by atoms with E-state index >= 15 is 0 Å². The third-order valence-corrected chi connectivity index (χ3v) is 4.75. The molecule has 24 heavy (non-hydrogen) atoms. The van der Waals surface area contributed by atoms with Crippen LogP contribution in [0.25, 0.3) is 10.9 Å². The first kappa shape index (κ1) is 16.5. The van der Waals surface area contributed by atoms with Crippen LogP contribution in [-0.2, 0) is 4.79 Å². The molecule has 0 spiro atoms. The van der Waals surface area contributed by atoms with E-state index in [1.165, 1.54) is 33.8 Å². The second-order valence-corrected chi connectivity index (χ2v) is 6.95. The van der Waals surface area contributed by atoms with Gasteiger partial charge in [0.15, 0.2) is 0 Å². The fourth-order valence-corrected chi connectivity index (χ4v) is 3.51. The van der Waals surface area contributed by atoms with E-state index in [0.29, 0.717) is 5.75 Å². The maximum Gasteiger partial charge on any atom is 0.234 e. The molecule has 1 heterocycles. The van der Waals surface area contributed by atoms with Crippen LogP contribution in [0.1, 0.15) is 16.7 Å². The Balaban J connectivity index is 1.75. The SMILES string of the molecule is Cc1cc(C)c2nc(SCC(=O)Nc3ccccc3)cc(C)c2c1. The topological polar surface area (TPSA) is 42.0 Å². The zero-order chi connectivity index (χ0) is 17.1. The number of carbonyl (C=O) groups is 1. The molecule has 0 radical (unpaired) electrons. The number of hydrogen-bond donors (Lipinski definition) is 1. The number of aromatic nitrogens is 1. The number of carbonyl (C=O) groups excluding carboxylic acids is 1. The third-order valence-electron chi connectivity index (χ3n) is 3.84. The van der Waals surface area contributed by atoms with Gasteiger partial charge in [-0.25, -0.2) is 4.98 Å². The fourth-order valence-electron chi connectivity index (χ4n) is 2.75. The lowest BCUT2D eigenvalue weighted by molar-refractivity contribution is -0.113. The van der Waals surface area contributed by atoms with Gasteiger partial charge in [0.25, 0.3) is 0 Å². The van der Waals surface area contributed by atoms with E-state index in [-0.39, 0.29) is 5.91 Å². The van der Waals surface area contributed by atoms with E-state index in [9.17, 15) is 4.79 Å². The van der Waals surface area contributed by atoms with E-state index in [2.05, 4.69) is 44.3 Å². The quantitative estimate of drug-likeness (QED) is 0.690. The summed E-state index contributed by atoms with van der Waals surface area (Å²) in [6.07, 6.45) is 0. The van der Waals surface area contributed by atoms with Crippen LogP contribution in [0.4, 0.5) is 5.69 Å². The predicted octanol–water partition coefficient (Wildman–Crippen LogP) is 4.89. The van der Waals surface area contributed by atoms with Crippen LogP contribution in [-0.4, -0.2) is 16.6 Å². The summed E-state index contributed by atoms with van der Waals surface area (Å²) in [4.78, 5) is 16.8. The highest BCUT2D eigenvalue weighted by atomic mass is 32.2. The van der Waals surface area contributed by atoms with Gasteiger partial charge in [-0.1, -0.05) is 41.6 Å². The minimum absolute atomic E-state index is 0.0219. The zero-order valence-corrected chi connectivity index (χ0v) is 14.9. The Morgan fingerprint density at radius 2 is 1.79 bits per heavy atom. The minimum atomic E-state index is -0.0219. The van der Waals surface area contributed by atoms with Crippen LogP contribution in [0.2, 0.25) is 0 Å². The fraction of sp³-hybridized carbons (Fsp3) is 0.200. The van der Waals surface area contributed by atoms with Gasteiger partial charge in [0, 0.05) is 11.1 Å². The summed E-state index contributed by atoms with van der Waals surface area (Å²) in [5, 5.41) is 4.97. The van der Waals surface area contributed by atoms with Crippen molar-refractivity contribution in [2.24, 2.45) is 0 Å². The summed E-state index contributed by atoms with van der Waals surface area (Å²) in [5.74, 6) is 0.323. The van der Waals surface area contributed by atoms with Crippen molar-refractivity contribution < 1.29 is 4.79 Å². The van der Waals surface area contributed by atoms with Gasteiger partial charge in [0.2, 0.25) is 5.91 Å².